The van der Waals surface area contributed by atoms with Crippen molar-refractivity contribution in [2.75, 3.05) is 6.61 Å². The normalized spacial score (nSPS) is 11.2. The number of hydrogen-bond donors (Lipinski definition) is 0. The first-order chi connectivity index (χ1) is 11.8. The van der Waals surface area contributed by atoms with Crippen LogP contribution in [0.5, 0.6) is 0 Å². The molecule has 0 N–H and O–H groups in total. The van der Waals surface area contributed by atoms with Gasteiger partial charge in [-0.15, -0.1) is 0 Å². The van der Waals surface area contributed by atoms with E-state index >= 15 is 0 Å². The number of carbonyl (C=O) groups excluding carboxylic acids is 2. The van der Waals surface area contributed by atoms with Crippen LogP contribution in [0.2, 0.25) is 0 Å². The first-order valence-electron chi connectivity index (χ1n) is 7.99. The van der Waals surface area contributed by atoms with Gasteiger partial charge in [-0.25, -0.2) is 4.79 Å². The van der Waals surface area contributed by atoms with Crippen molar-refractivity contribution in [3.8, 4) is 0 Å². The molecule has 4 nitrogen and oxygen atoms in total. The van der Waals surface area contributed by atoms with E-state index in [4.69, 9.17) is 4.74 Å². The Kier molecular flexibility index (Phi) is 12.3. The van der Waals surface area contributed by atoms with Gasteiger partial charge in [0.05, 0.1) is 12.2 Å². The maximum absolute atomic E-state index is 13.0. The van der Waals surface area contributed by atoms with Gasteiger partial charge in [0, 0.05) is 18.5 Å². The van der Waals surface area contributed by atoms with Gasteiger partial charge in [-0.05, 0) is 29.7 Å². The molecular weight excluding hydrogens is 376 g/mol. The Morgan fingerprint density at radius 1 is 1.19 bits per heavy atom. The minimum absolute atomic E-state index is 0. The van der Waals surface area contributed by atoms with Gasteiger partial charge in [0.15, 0.2) is 0 Å². The van der Waals surface area contributed by atoms with E-state index in [-0.39, 0.29) is 63.6 Å². The molecule has 1 aromatic carbocycles. The molecule has 0 aliphatic carbocycles. The summed E-state index contributed by atoms with van der Waals surface area (Å²) in [5.74, 6) is -2.32. The number of unbranched alkanes of at least 4 members (excludes halogenated alkanes) is 3. The van der Waals surface area contributed by atoms with Crippen LogP contribution < -0.4 is 56.5 Å². The molecule has 0 aromatic heterocycles. The van der Waals surface area contributed by atoms with E-state index in [0.29, 0.717) is 6.42 Å². The largest absolute Gasteiger partial charge is 1.00 e. The second kappa shape index (κ2) is 12.7. The zero-order chi connectivity index (χ0) is 18.9. The van der Waals surface area contributed by atoms with Crippen LogP contribution in [0.1, 0.15) is 49.3 Å². The van der Waals surface area contributed by atoms with Gasteiger partial charge >= 0.3 is 63.5 Å². The van der Waals surface area contributed by atoms with Crippen molar-refractivity contribution in [3.63, 3.8) is 0 Å². The molecule has 1 rings (SSSR count). The molecule has 0 bridgehead atoms. The molecule has 0 atom stereocenters. The van der Waals surface area contributed by atoms with Crippen molar-refractivity contribution in [3.05, 3.63) is 41.0 Å². The summed E-state index contributed by atoms with van der Waals surface area (Å²) in [6, 6.07) is 3.25. The summed E-state index contributed by atoms with van der Waals surface area (Å²) in [6.45, 7) is 2.28. The van der Waals surface area contributed by atoms with Crippen molar-refractivity contribution in [2.45, 2.75) is 45.2 Å². The summed E-state index contributed by atoms with van der Waals surface area (Å²) in [7, 11) is 0. The SMILES string of the molecule is CCCCCCOC(=O)/C=C/c1cccc(C(F)(F)F)c1CC(=O)[O-].[K+]. The molecule has 0 saturated heterocycles. The van der Waals surface area contributed by atoms with Crippen molar-refractivity contribution in [1.82, 2.24) is 0 Å². The molecule has 0 amide bonds. The molecule has 26 heavy (non-hydrogen) atoms. The van der Waals surface area contributed by atoms with Crippen molar-refractivity contribution >= 4 is 18.0 Å². The maximum atomic E-state index is 13.0. The zero-order valence-corrected chi connectivity index (χ0v) is 18.0. The Morgan fingerprint density at radius 3 is 2.46 bits per heavy atom. The van der Waals surface area contributed by atoms with Gasteiger partial charge < -0.3 is 14.6 Å². The van der Waals surface area contributed by atoms with Crippen LogP contribution in [0.25, 0.3) is 6.08 Å². The number of halogens is 3. The Morgan fingerprint density at radius 2 is 1.88 bits per heavy atom. The smallest absolute Gasteiger partial charge is 0.550 e. The van der Waals surface area contributed by atoms with Gasteiger partial charge in [0.25, 0.3) is 0 Å². The molecule has 0 aliphatic rings. The predicted molar refractivity (Wildman–Crippen MR) is 84.3 cm³/mol. The van der Waals surface area contributed by atoms with Crippen LogP contribution >= 0.6 is 0 Å². The number of carbonyl (C=O) groups is 2. The minimum Gasteiger partial charge on any atom is -0.550 e. The van der Waals surface area contributed by atoms with Crippen LogP contribution in [-0.2, 0) is 26.9 Å². The molecule has 138 valence electrons. The Labute approximate surface area is 193 Å². The van der Waals surface area contributed by atoms with Crippen molar-refractivity contribution < 1.29 is 84.0 Å². The van der Waals surface area contributed by atoms with E-state index in [2.05, 4.69) is 0 Å². The summed E-state index contributed by atoms with van der Waals surface area (Å²) in [5.41, 5.74) is -1.52. The number of alkyl halides is 3. The number of hydrogen-bond acceptors (Lipinski definition) is 4. The third-order valence-corrected chi connectivity index (χ3v) is 3.48. The fraction of sp³-hybridized carbons (Fsp3) is 0.444. The van der Waals surface area contributed by atoms with Crippen LogP contribution in [0.4, 0.5) is 13.2 Å². The second-order valence-corrected chi connectivity index (χ2v) is 5.48. The number of benzene rings is 1. The van der Waals surface area contributed by atoms with Gasteiger partial charge in [0.1, 0.15) is 0 Å². The molecule has 0 spiro atoms. The first kappa shape index (κ1) is 25.3. The van der Waals surface area contributed by atoms with E-state index in [1.165, 1.54) is 6.07 Å². The number of aliphatic carboxylic acids is 1. The average molecular weight is 396 g/mol. The van der Waals surface area contributed by atoms with E-state index in [1.54, 1.807) is 0 Å². The van der Waals surface area contributed by atoms with Gasteiger partial charge in [0.2, 0.25) is 0 Å². The predicted octanol–water partition coefficient (Wildman–Crippen LogP) is 0.139. The Bertz CT molecular complexity index is 627. The molecule has 0 unspecified atom stereocenters. The zero-order valence-electron chi connectivity index (χ0n) is 14.9. The topological polar surface area (TPSA) is 66.4 Å². The van der Waals surface area contributed by atoms with Gasteiger partial charge in [-0.2, -0.15) is 13.2 Å². The molecule has 0 aliphatic heterocycles. The number of rotatable bonds is 9. The van der Waals surface area contributed by atoms with Gasteiger partial charge in [-0.3, -0.25) is 0 Å². The number of carboxylic acids is 1. The molecule has 0 saturated carbocycles. The molecule has 8 heteroatoms. The quantitative estimate of drug-likeness (QED) is 0.258. The monoisotopic (exact) mass is 396 g/mol. The molecule has 0 fully saturated rings. The van der Waals surface area contributed by atoms with E-state index in [0.717, 1.165) is 43.5 Å². The van der Waals surface area contributed by atoms with Crippen LogP contribution in [0, 0.1) is 0 Å². The summed E-state index contributed by atoms with van der Waals surface area (Å²) in [5, 5.41) is 10.8. The summed E-state index contributed by atoms with van der Waals surface area (Å²) in [4.78, 5) is 22.4. The second-order valence-electron chi connectivity index (χ2n) is 5.48. The number of carboxylic acid groups (broad SMARTS) is 1. The van der Waals surface area contributed by atoms with E-state index in [1.807, 2.05) is 6.92 Å². The van der Waals surface area contributed by atoms with Crippen LogP contribution in [0.3, 0.4) is 0 Å². The average Bonchev–Trinajstić information content (AvgIpc) is 2.52. The van der Waals surface area contributed by atoms with Crippen LogP contribution in [0.15, 0.2) is 24.3 Å². The van der Waals surface area contributed by atoms with Crippen molar-refractivity contribution in [2.24, 2.45) is 0 Å². The third-order valence-electron chi connectivity index (χ3n) is 3.48. The van der Waals surface area contributed by atoms with E-state index in [9.17, 15) is 27.9 Å². The Balaban J connectivity index is 0.00000625. The van der Waals surface area contributed by atoms with Gasteiger partial charge in [-0.1, -0.05) is 38.3 Å². The molecule has 0 heterocycles. The molecule has 1 aromatic rings. The molecular formula is C18H20F3KO4. The summed E-state index contributed by atoms with van der Waals surface area (Å²) < 4.78 is 44.0. The minimum atomic E-state index is -4.70. The first-order valence-corrected chi connectivity index (χ1v) is 7.99. The maximum Gasteiger partial charge on any atom is 1.00 e. The number of esters is 1. The Hall–Kier alpha value is -0.674. The summed E-state index contributed by atoms with van der Waals surface area (Å²) >= 11 is 0. The standard InChI is InChI=1S/C18H21F3O4.K/c1-2-3-4-5-11-25-17(24)10-9-13-7-6-8-15(18(19,20)21)14(13)12-16(22)23;/h6-10H,2-5,11-12H2,1H3,(H,22,23);/q;+1/p-1/b10-9+;. The van der Waals surface area contributed by atoms with Crippen molar-refractivity contribution in [1.29, 1.82) is 0 Å². The van der Waals surface area contributed by atoms with Crippen LogP contribution in [-0.4, -0.2) is 18.5 Å². The fourth-order valence-electron chi connectivity index (χ4n) is 2.28. The molecule has 0 radical (unpaired) electrons. The third kappa shape index (κ3) is 9.32. The fourth-order valence-corrected chi connectivity index (χ4v) is 2.28. The van der Waals surface area contributed by atoms with E-state index < -0.39 is 35.7 Å². The summed E-state index contributed by atoms with van der Waals surface area (Å²) in [6.07, 6.45) is 0.241. The number of ether oxygens (including phenoxy) is 1.